The van der Waals surface area contributed by atoms with E-state index in [2.05, 4.69) is 0 Å². The number of carbonyl (C=O) groups excluding carboxylic acids is 1. The van der Waals surface area contributed by atoms with E-state index in [4.69, 9.17) is 4.74 Å². The Balaban J connectivity index is 1.78. The molecule has 27 heavy (non-hydrogen) atoms. The van der Waals surface area contributed by atoms with E-state index in [1.165, 1.54) is 22.5 Å². The molecule has 8 nitrogen and oxygen atoms in total. The molecule has 142 valence electrons. The van der Waals surface area contributed by atoms with Gasteiger partial charge >= 0.3 is 5.97 Å². The van der Waals surface area contributed by atoms with Crippen LogP contribution in [0.3, 0.4) is 0 Å². The first-order chi connectivity index (χ1) is 12.7. The molecule has 0 spiro atoms. The van der Waals surface area contributed by atoms with Crippen LogP contribution in [0, 0.1) is 10.1 Å². The number of carbonyl (C=O) groups is 1. The van der Waals surface area contributed by atoms with Crippen LogP contribution in [-0.4, -0.2) is 31.6 Å². The zero-order valence-corrected chi connectivity index (χ0v) is 15.6. The molecule has 2 aromatic rings. The number of sulfonamides is 1. The van der Waals surface area contributed by atoms with Crippen LogP contribution >= 0.6 is 0 Å². The number of hydrogen-bond acceptors (Lipinski definition) is 6. The highest BCUT2D eigenvalue weighted by Gasteiger charge is 2.33. The minimum atomic E-state index is -3.40. The predicted molar refractivity (Wildman–Crippen MR) is 99.1 cm³/mol. The highest BCUT2D eigenvalue weighted by atomic mass is 32.2. The Morgan fingerprint density at radius 1 is 1.30 bits per heavy atom. The Morgan fingerprint density at radius 3 is 2.67 bits per heavy atom. The van der Waals surface area contributed by atoms with Crippen molar-refractivity contribution in [3.63, 3.8) is 0 Å². The summed E-state index contributed by atoms with van der Waals surface area (Å²) < 4.78 is 30.5. The van der Waals surface area contributed by atoms with E-state index in [0.717, 1.165) is 11.8 Å². The predicted octanol–water partition coefficient (Wildman–Crippen LogP) is 2.66. The van der Waals surface area contributed by atoms with E-state index in [-0.39, 0.29) is 23.9 Å². The largest absolute Gasteiger partial charge is 0.457 e. The summed E-state index contributed by atoms with van der Waals surface area (Å²) in [6.07, 6.45) is 1.64. The fourth-order valence-electron chi connectivity index (χ4n) is 3.27. The average molecular weight is 390 g/mol. The first kappa shape index (κ1) is 18.8. The highest BCUT2D eigenvalue weighted by Crippen LogP contribution is 2.34. The third-order valence-electron chi connectivity index (χ3n) is 4.37. The molecule has 0 saturated heterocycles. The van der Waals surface area contributed by atoms with E-state index in [0.29, 0.717) is 17.7 Å². The Morgan fingerprint density at radius 2 is 2.00 bits per heavy atom. The van der Waals surface area contributed by atoms with E-state index in [9.17, 15) is 23.3 Å². The van der Waals surface area contributed by atoms with Gasteiger partial charge in [0.2, 0.25) is 10.0 Å². The molecule has 0 saturated carbocycles. The average Bonchev–Trinajstić information content (AvgIpc) is 2.94. The Bertz CT molecular complexity index is 1020. The maximum atomic E-state index is 12.3. The molecule has 3 rings (SSSR count). The summed E-state index contributed by atoms with van der Waals surface area (Å²) in [7, 11) is -3.40. The number of hydrogen-bond donors (Lipinski definition) is 0. The molecule has 0 bridgehead atoms. The van der Waals surface area contributed by atoms with Gasteiger partial charge in [-0.25, -0.2) is 13.2 Å². The summed E-state index contributed by atoms with van der Waals surface area (Å²) in [4.78, 5) is 22.8. The van der Waals surface area contributed by atoms with Gasteiger partial charge in [0.25, 0.3) is 5.69 Å². The Kier molecular flexibility index (Phi) is 4.88. The number of ether oxygens (including phenoxy) is 1. The van der Waals surface area contributed by atoms with E-state index in [1.807, 2.05) is 0 Å². The molecule has 0 fully saturated rings. The van der Waals surface area contributed by atoms with Crippen molar-refractivity contribution in [1.29, 1.82) is 0 Å². The summed E-state index contributed by atoms with van der Waals surface area (Å²) in [6.45, 7) is 1.58. The van der Waals surface area contributed by atoms with Gasteiger partial charge in [-0.2, -0.15) is 0 Å². The Labute approximate surface area is 156 Å². The molecule has 0 amide bonds. The third kappa shape index (κ3) is 3.77. The summed E-state index contributed by atoms with van der Waals surface area (Å²) >= 11 is 0. The number of nitro groups is 1. The maximum Gasteiger partial charge on any atom is 0.338 e. The van der Waals surface area contributed by atoms with Crippen molar-refractivity contribution in [2.45, 2.75) is 26.0 Å². The molecule has 2 aromatic carbocycles. The van der Waals surface area contributed by atoms with Crippen molar-refractivity contribution >= 4 is 27.4 Å². The lowest BCUT2D eigenvalue weighted by Gasteiger charge is -2.21. The second kappa shape index (κ2) is 6.99. The lowest BCUT2D eigenvalue weighted by Crippen LogP contribution is -2.34. The number of rotatable bonds is 5. The molecular formula is C18H18N2O6S. The van der Waals surface area contributed by atoms with Crippen LogP contribution < -0.4 is 4.31 Å². The van der Waals surface area contributed by atoms with Gasteiger partial charge in [0.05, 0.1) is 28.0 Å². The van der Waals surface area contributed by atoms with Crippen molar-refractivity contribution in [2.75, 3.05) is 10.6 Å². The van der Waals surface area contributed by atoms with Gasteiger partial charge in [-0.05, 0) is 43.2 Å². The number of anilines is 1. The van der Waals surface area contributed by atoms with Crippen LogP contribution in [0.1, 0.15) is 28.4 Å². The van der Waals surface area contributed by atoms with Crippen molar-refractivity contribution in [2.24, 2.45) is 0 Å². The summed E-state index contributed by atoms with van der Waals surface area (Å²) in [5.41, 5.74) is 1.76. The van der Waals surface area contributed by atoms with Crippen LogP contribution in [0.15, 0.2) is 42.5 Å². The fraction of sp³-hybridized carbons (Fsp3) is 0.278. The van der Waals surface area contributed by atoms with Crippen molar-refractivity contribution in [3.8, 4) is 0 Å². The maximum absolute atomic E-state index is 12.3. The second-order valence-electron chi connectivity index (χ2n) is 6.42. The number of benzene rings is 2. The van der Waals surface area contributed by atoms with Gasteiger partial charge in [0.1, 0.15) is 6.61 Å². The first-order valence-electron chi connectivity index (χ1n) is 8.20. The first-order valence-corrected chi connectivity index (χ1v) is 10.0. The number of nitro benzene ring substituents is 1. The molecule has 0 aromatic heterocycles. The minimum absolute atomic E-state index is 0.114. The number of fused-ring (bicyclic) bond motifs is 1. The summed E-state index contributed by atoms with van der Waals surface area (Å²) in [5, 5.41) is 11.0. The monoisotopic (exact) mass is 390 g/mol. The van der Waals surface area contributed by atoms with E-state index >= 15 is 0 Å². The van der Waals surface area contributed by atoms with E-state index < -0.39 is 20.9 Å². The van der Waals surface area contributed by atoms with Crippen molar-refractivity contribution < 1.29 is 22.9 Å². The molecule has 1 atom stereocenters. The van der Waals surface area contributed by atoms with Gasteiger partial charge in [-0.1, -0.05) is 12.1 Å². The summed E-state index contributed by atoms with van der Waals surface area (Å²) in [5.74, 6) is -0.624. The standard InChI is InChI=1S/C18H18N2O6S/c1-12-9-15-10-13(7-8-16(15)19(12)27(2,24)25)18(21)26-11-14-5-3-4-6-17(14)20(22)23/h3-8,10,12H,9,11H2,1-2H3. The molecule has 0 radical (unpaired) electrons. The SMILES string of the molecule is CC1Cc2cc(C(=O)OCc3ccccc3[N+](=O)[O-])ccc2N1S(C)(=O)=O. The van der Waals surface area contributed by atoms with Gasteiger partial charge in [-0.3, -0.25) is 14.4 Å². The van der Waals surface area contributed by atoms with Gasteiger partial charge in [0.15, 0.2) is 0 Å². The molecular weight excluding hydrogens is 372 g/mol. The summed E-state index contributed by atoms with van der Waals surface area (Å²) in [6, 6.07) is 10.5. The molecule has 1 unspecified atom stereocenters. The van der Waals surface area contributed by atoms with Crippen LogP contribution in [0.4, 0.5) is 11.4 Å². The number of nitrogens with zero attached hydrogens (tertiary/aromatic N) is 2. The Hall–Kier alpha value is -2.94. The lowest BCUT2D eigenvalue weighted by molar-refractivity contribution is -0.385. The lowest BCUT2D eigenvalue weighted by atomic mass is 10.1. The fourth-order valence-corrected chi connectivity index (χ4v) is 4.54. The van der Waals surface area contributed by atoms with Crippen LogP contribution in [-0.2, 0) is 27.8 Å². The van der Waals surface area contributed by atoms with Gasteiger partial charge in [0, 0.05) is 12.1 Å². The van der Waals surface area contributed by atoms with Gasteiger partial charge < -0.3 is 4.74 Å². The van der Waals surface area contributed by atoms with Crippen LogP contribution in [0.25, 0.3) is 0 Å². The smallest absolute Gasteiger partial charge is 0.338 e. The zero-order chi connectivity index (χ0) is 19.8. The third-order valence-corrected chi connectivity index (χ3v) is 5.64. The molecule has 0 N–H and O–H groups in total. The van der Waals surface area contributed by atoms with Crippen molar-refractivity contribution in [1.82, 2.24) is 0 Å². The zero-order valence-electron chi connectivity index (χ0n) is 14.8. The van der Waals surface area contributed by atoms with Crippen LogP contribution in [0.5, 0.6) is 0 Å². The topological polar surface area (TPSA) is 107 Å². The van der Waals surface area contributed by atoms with Gasteiger partial charge in [-0.15, -0.1) is 0 Å². The van der Waals surface area contributed by atoms with Crippen LogP contribution in [0.2, 0.25) is 0 Å². The number of esters is 1. The second-order valence-corrected chi connectivity index (χ2v) is 8.28. The molecule has 1 aliphatic heterocycles. The quantitative estimate of drug-likeness (QED) is 0.441. The number of para-hydroxylation sites is 1. The molecule has 9 heteroatoms. The highest BCUT2D eigenvalue weighted by molar-refractivity contribution is 7.92. The molecule has 1 aliphatic rings. The van der Waals surface area contributed by atoms with E-state index in [1.54, 1.807) is 31.2 Å². The molecule has 0 aliphatic carbocycles. The normalized spacial score (nSPS) is 16.1. The minimum Gasteiger partial charge on any atom is -0.457 e. The van der Waals surface area contributed by atoms with Crippen molar-refractivity contribution in [3.05, 3.63) is 69.3 Å². The molecule has 1 heterocycles.